The lowest BCUT2D eigenvalue weighted by molar-refractivity contribution is 0.597. The van der Waals surface area contributed by atoms with Gasteiger partial charge in [0.1, 0.15) is 10.8 Å². The molecular formula is C18H16ClFN2S. The number of nitrogens with zero attached hydrogens (tertiary/aromatic N) is 1. The fraction of sp³-hybridized carbons (Fsp3) is 0.167. The van der Waals surface area contributed by atoms with E-state index in [9.17, 15) is 4.39 Å². The molecule has 2 nitrogen and oxygen atoms in total. The molecule has 0 saturated heterocycles. The van der Waals surface area contributed by atoms with Crippen molar-refractivity contribution in [1.29, 1.82) is 0 Å². The minimum atomic E-state index is -0.149. The van der Waals surface area contributed by atoms with Crippen molar-refractivity contribution in [2.45, 2.75) is 13.0 Å². The fourth-order valence-corrected chi connectivity index (χ4v) is 3.52. The van der Waals surface area contributed by atoms with Crippen LogP contribution in [0.1, 0.15) is 10.6 Å². The predicted octanol–water partition coefficient (Wildman–Crippen LogP) is 4.93. The van der Waals surface area contributed by atoms with Crippen molar-refractivity contribution in [2.75, 3.05) is 6.54 Å². The SMILES string of the molecule is Fc1ccccc1CCNCc1ncc(-c2ccccc2Cl)s1. The molecule has 118 valence electrons. The Bertz CT molecular complexity index is 788. The maximum absolute atomic E-state index is 13.5. The Morgan fingerprint density at radius 1 is 1.09 bits per heavy atom. The van der Waals surface area contributed by atoms with Crippen molar-refractivity contribution in [2.24, 2.45) is 0 Å². The highest BCUT2D eigenvalue weighted by atomic mass is 35.5. The lowest BCUT2D eigenvalue weighted by Crippen LogP contribution is -2.16. The van der Waals surface area contributed by atoms with E-state index in [4.69, 9.17) is 11.6 Å². The standard InChI is InChI=1S/C18H16ClFN2S/c19-15-7-3-2-6-14(15)17-11-22-18(23-17)12-21-10-9-13-5-1-4-8-16(13)20/h1-8,11,21H,9-10,12H2. The molecule has 0 unspecified atom stereocenters. The van der Waals surface area contributed by atoms with Gasteiger partial charge in [0.25, 0.3) is 0 Å². The van der Waals surface area contributed by atoms with E-state index in [-0.39, 0.29) is 5.82 Å². The first kappa shape index (κ1) is 16.1. The first-order valence-corrected chi connectivity index (χ1v) is 8.57. The molecule has 0 aliphatic rings. The summed E-state index contributed by atoms with van der Waals surface area (Å²) in [5.74, 6) is -0.149. The largest absolute Gasteiger partial charge is 0.310 e. The summed E-state index contributed by atoms with van der Waals surface area (Å²) in [7, 11) is 0. The quantitative estimate of drug-likeness (QED) is 0.640. The van der Waals surface area contributed by atoms with Gasteiger partial charge in [-0.25, -0.2) is 9.37 Å². The van der Waals surface area contributed by atoms with Crippen LogP contribution >= 0.6 is 22.9 Å². The fourth-order valence-electron chi connectivity index (χ4n) is 2.30. The van der Waals surface area contributed by atoms with Gasteiger partial charge in [-0.1, -0.05) is 48.0 Å². The topological polar surface area (TPSA) is 24.9 Å². The molecule has 0 fully saturated rings. The highest BCUT2D eigenvalue weighted by Gasteiger charge is 2.07. The molecule has 0 bridgehead atoms. The van der Waals surface area contributed by atoms with Crippen LogP contribution in [0, 0.1) is 5.82 Å². The maximum atomic E-state index is 13.5. The number of hydrogen-bond acceptors (Lipinski definition) is 3. The van der Waals surface area contributed by atoms with E-state index < -0.39 is 0 Å². The number of benzene rings is 2. The van der Waals surface area contributed by atoms with Gasteiger partial charge in [0, 0.05) is 23.3 Å². The molecule has 5 heteroatoms. The number of thiazole rings is 1. The van der Waals surface area contributed by atoms with Gasteiger partial charge in [-0.2, -0.15) is 0 Å². The van der Waals surface area contributed by atoms with E-state index in [2.05, 4.69) is 10.3 Å². The zero-order valence-corrected chi connectivity index (χ0v) is 14.0. The van der Waals surface area contributed by atoms with Crippen molar-refractivity contribution < 1.29 is 4.39 Å². The number of aromatic nitrogens is 1. The molecule has 3 aromatic rings. The van der Waals surface area contributed by atoms with E-state index in [1.807, 2.05) is 42.6 Å². The van der Waals surface area contributed by atoms with E-state index >= 15 is 0 Å². The second-order valence-electron chi connectivity index (χ2n) is 5.12. The van der Waals surface area contributed by atoms with Gasteiger partial charge in [-0.3, -0.25) is 0 Å². The highest BCUT2D eigenvalue weighted by Crippen LogP contribution is 2.31. The zero-order chi connectivity index (χ0) is 16.1. The van der Waals surface area contributed by atoms with Crippen molar-refractivity contribution in [3.8, 4) is 10.4 Å². The van der Waals surface area contributed by atoms with Gasteiger partial charge >= 0.3 is 0 Å². The summed E-state index contributed by atoms with van der Waals surface area (Å²) in [4.78, 5) is 5.48. The van der Waals surface area contributed by atoms with Gasteiger partial charge in [-0.05, 0) is 30.7 Å². The average molecular weight is 347 g/mol. The van der Waals surface area contributed by atoms with Crippen molar-refractivity contribution in [1.82, 2.24) is 10.3 Å². The number of rotatable bonds is 6. The monoisotopic (exact) mass is 346 g/mol. The summed E-state index contributed by atoms with van der Waals surface area (Å²) in [6.07, 6.45) is 2.51. The Balaban J connectivity index is 1.54. The van der Waals surface area contributed by atoms with Gasteiger partial charge < -0.3 is 5.32 Å². The number of halogens is 2. The molecule has 1 N–H and O–H groups in total. The van der Waals surface area contributed by atoms with Crippen LogP contribution in [0.4, 0.5) is 4.39 Å². The molecule has 0 atom stereocenters. The number of hydrogen-bond donors (Lipinski definition) is 1. The number of nitrogens with one attached hydrogen (secondary N) is 1. The first-order valence-electron chi connectivity index (χ1n) is 7.38. The van der Waals surface area contributed by atoms with Crippen LogP contribution in [0.3, 0.4) is 0 Å². The molecule has 1 aromatic heterocycles. The third-order valence-electron chi connectivity index (χ3n) is 3.50. The Hall–Kier alpha value is -1.75. The average Bonchev–Trinajstić information content (AvgIpc) is 3.02. The smallest absolute Gasteiger partial charge is 0.126 e. The molecule has 0 amide bonds. The van der Waals surface area contributed by atoms with Crippen molar-refractivity contribution in [3.63, 3.8) is 0 Å². The molecule has 23 heavy (non-hydrogen) atoms. The zero-order valence-electron chi connectivity index (χ0n) is 12.4. The summed E-state index contributed by atoms with van der Waals surface area (Å²) in [5, 5.41) is 5.03. The lowest BCUT2D eigenvalue weighted by atomic mass is 10.1. The van der Waals surface area contributed by atoms with Crippen LogP contribution < -0.4 is 5.32 Å². The maximum Gasteiger partial charge on any atom is 0.126 e. The summed E-state index contributed by atoms with van der Waals surface area (Å²) >= 11 is 7.82. The van der Waals surface area contributed by atoms with Gasteiger partial charge in [0.2, 0.25) is 0 Å². The van der Waals surface area contributed by atoms with Crippen molar-refractivity contribution >= 4 is 22.9 Å². The Kier molecular flexibility index (Phi) is 5.39. The van der Waals surface area contributed by atoms with Crippen LogP contribution in [0.15, 0.2) is 54.7 Å². The second-order valence-corrected chi connectivity index (χ2v) is 6.64. The minimum absolute atomic E-state index is 0.149. The Morgan fingerprint density at radius 3 is 2.70 bits per heavy atom. The third kappa shape index (κ3) is 4.16. The Morgan fingerprint density at radius 2 is 1.87 bits per heavy atom. The van der Waals surface area contributed by atoms with Crippen molar-refractivity contribution in [3.05, 3.63) is 76.1 Å². The van der Waals surface area contributed by atoms with Gasteiger partial charge in [0.15, 0.2) is 0 Å². The van der Waals surface area contributed by atoms with Crippen LogP contribution in [-0.4, -0.2) is 11.5 Å². The molecule has 1 heterocycles. The Labute approximate surface area is 144 Å². The second kappa shape index (κ2) is 7.68. The summed E-state index contributed by atoms with van der Waals surface area (Å²) in [6, 6.07) is 14.6. The van der Waals surface area contributed by atoms with E-state index in [1.54, 1.807) is 17.4 Å². The van der Waals surface area contributed by atoms with Crippen LogP contribution in [0.25, 0.3) is 10.4 Å². The van der Waals surface area contributed by atoms with Crippen LogP contribution in [-0.2, 0) is 13.0 Å². The van der Waals surface area contributed by atoms with E-state index in [1.165, 1.54) is 6.07 Å². The predicted molar refractivity (Wildman–Crippen MR) is 94.4 cm³/mol. The van der Waals surface area contributed by atoms with Crippen LogP contribution in [0.5, 0.6) is 0 Å². The first-order chi connectivity index (χ1) is 11.2. The third-order valence-corrected chi connectivity index (χ3v) is 4.86. The lowest BCUT2D eigenvalue weighted by Gasteiger charge is -2.04. The molecule has 0 spiro atoms. The summed E-state index contributed by atoms with van der Waals surface area (Å²) in [5.41, 5.74) is 1.74. The molecule has 2 aromatic carbocycles. The van der Waals surface area contributed by atoms with Gasteiger partial charge in [0.05, 0.1) is 4.88 Å². The molecule has 0 aliphatic carbocycles. The van der Waals surface area contributed by atoms with E-state index in [0.29, 0.717) is 19.5 Å². The molecule has 0 radical (unpaired) electrons. The minimum Gasteiger partial charge on any atom is -0.310 e. The van der Waals surface area contributed by atoms with Crippen LogP contribution in [0.2, 0.25) is 5.02 Å². The molecule has 0 aliphatic heterocycles. The molecule has 3 rings (SSSR count). The summed E-state index contributed by atoms with van der Waals surface area (Å²) in [6.45, 7) is 1.38. The normalized spacial score (nSPS) is 10.9. The molecule has 0 saturated carbocycles. The van der Waals surface area contributed by atoms with E-state index in [0.717, 1.165) is 26.0 Å². The summed E-state index contributed by atoms with van der Waals surface area (Å²) < 4.78 is 13.5. The van der Waals surface area contributed by atoms with Gasteiger partial charge in [-0.15, -0.1) is 11.3 Å². The highest BCUT2D eigenvalue weighted by molar-refractivity contribution is 7.15. The molecular weight excluding hydrogens is 331 g/mol.